The van der Waals surface area contributed by atoms with E-state index in [0.29, 0.717) is 17.4 Å². The van der Waals surface area contributed by atoms with Gasteiger partial charge in [-0.1, -0.05) is 24.4 Å². The molecular weight excluding hydrogens is 270 g/mol. The number of hydrogen-bond donors (Lipinski definition) is 2. The molecule has 0 aliphatic rings. The van der Waals surface area contributed by atoms with Gasteiger partial charge >= 0.3 is 0 Å². The third kappa shape index (κ3) is 3.24. The smallest absolute Gasteiger partial charge is 0.136 e. The highest BCUT2D eigenvalue weighted by molar-refractivity contribution is 7.80. The topological polar surface area (TPSA) is 60.2 Å². The van der Waals surface area contributed by atoms with Crippen LogP contribution in [0.3, 0.4) is 0 Å². The van der Waals surface area contributed by atoms with Crippen LogP contribution in [-0.4, -0.2) is 17.1 Å². The summed E-state index contributed by atoms with van der Waals surface area (Å²) in [5.74, 6) is 1.56. The van der Waals surface area contributed by atoms with Gasteiger partial charge in [-0.25, -0.2) is 4.98 Å². The molecule has 0 amide bonds. The zero-order valence-electron chi connectivity index (χ0n) is 11.5. The molecule has 3 N–H and O–H groups in total. The molecule has 0 aliphatic heterocycles. The van der Waals surface area contributed by atoms with Gasteiger partial charge in [0.1, 0.15) is 16.6 Å². The number of aromatic nitrogens is 1. The molecule has 2 aromatic rings. The minimum atomic E-state index is 0.354. The lowest BCUT2D eigenvalue weighted by atomic mass is 10.1. The van der Waals surface area contributed by atoms with E-state index in [1.54, 1.807) is 13.3 Å². The van der Waals surface area contributed by atoms with Crippen LogP contribution in [0.25, 0.3) is 0 Å². The van der Waals surface area contributed by atoms with E-state index in [2.05, 4.69) is 10.3 Å². The van der Waals surface area contributed by atoms with Crippen molar-refractivity contribution in [1.29, 1.82) is 0 Å². The molecule has 104 valence electrons. The number of pyridine rings is 1. The Kier molecular flexibility index (Phi) is 4.53. The summed E-state index contributed by atoms with van der Waals surface area (Å²) >= 11 is 5.08. The van der Waals surface area contributed by atoms with Gasteiger partial charge in [0.2, 0.25) is 0 Å². The summed E-state index contributed by atoms with van der Waals surface area (Å²) in [7, 11) is 1.65. The Hall–Kier alpha value is -2.14. The fourth-order valence-corrected chi connectivity index (χ4v) is 2.19. The Morgan fingerprint density at radius 3 is 2.60 bits per heavy atom. The first-order valence-electron chi connectivity index (χ1n) is 6.24. The van der Waals surface area contributed by atoms with Crippen molar-refractivity contribution in [3.63, 3.8) is 0 Å². The summed E-state index contributed by atoms with van der Waals surface area (Å²) in [5, 5.41) is 3.27. The third-order valence-corrected chi connectivity index (χ3v) is 3.23. The maximum Gasteiger partial charge on any atom is 0.136 e. The number of nitrogens with zero attached hydrogens (tertiary/aromatic N) is 1. The van der Waals surface area contributed by atoms with Crippen LogP contribution in [0.1, 0.15) is 16.7 Å². The van der Waals surface area contributed by atoms with E-state index in [4.69, 9.17) is 22.7 Å². The van der Waals surface area contributed by atoms with E-state index in [1.807, 2.05) is 37.3 Å². The predicted molar refractivity (Wildman–Crippen MR) is 85.2 cm³/mol. The Balaban J connectivity index is 2.14. The molecule has 0 aliphatic carbocycles. The highest BCUT2D eigenvalue weighted by atomic mass is 32.1. The number of ether oxygens (including phenoxy) is 1. The van der Waals surface area contributed by atoms with E-state index in [-0.39, 0.29) is 0 Å². The van der Waals surface area contributed by atoms with Crippen molar-refractivity contribution in [3.05, 3.63) is 53.2 Å². The highest BCUT2D eigenvalue weighted by Crippen LogP contribution is 2.18. The fraction of sp³-hybridized carbons (Fsp3) is 0.200. The third-order valence-electron chi connectivity index (χ3n) is 3.02. The maximum absolute atomic E-state index is 5.76. The number of hydrogen-bond acceptors (Lipinski definition) is 4. The average molecular weight is 287 g/mol. The van der Waals surface area contributed by atoms with Crippen LogP contribution >= 0.6 is 12.2 Å². The number of aryl methyl sites for hydroxylation is 1. The predicted octanol–water partition coefficient (Wildman–Crippen LogP) is 2.64. The molecule has 1 aromatic heterocycles. The number of anilines is 1. The zero-order valence-corrected chi connectivity index (χ0v) is 12.3. The van der Waals surface area contributed by atoms with Gasteiger partial charge < -0.3 is 15.8 Å². The zero-order chi connectivity index (χ0) is 14.5. The summed E-state index contributed by atoms with van der Waals surface area (Å²) < 4.78 is 5.13. The second kappa shape index (κ2) is 6.34. The van der Waals surface area contributed by atoms with Crippen molar-refractivity contribution in [1.82, 2.24) is 4.98 Å². The van der Waals surface area contributed by atoms with E-state index < -0.39 is 0 Å². The number of thiocarbonyl (C=S) groups is 1. The fourth-order valence-electron chi connectivity index (χ4n) is 1.93. The van der Waals surface area contributed by atoms with Gasteiger partial charge in [0, 0.05) is 12.7 Å². The summed E-state index contributed by atoms with van der Waals surface area (Å²) in [6, 6.07) is 9.75. The molecule has 0 saturated heterocycles. The monoisotopic (exact) mass is 287 g/mol. The molecule has 0 bridgehead atoms. The molecule has 20 heavy (non-hydrogen) atoms. The van der Waals surface area contributed by atoms with Crippen LogP contribution in [-0.2, 0) is 6.54 Å². The lowest BCUT2D eigenvalue weighted by Gasteiger charge is -2.12. The van der Waals surface area contributed by atoms with Crippen LogP contribution in [0.2, 0.25) is 0 Å². The molecular formula is C15H17N3OS. The lowest BCUT2D eigenvalue weighted by Crippen LogP contribution is -2.16. The Labute approximate surface area is 124 Å². The van der Waals surface area contributed by atoms with E-state index in [0.717, 1.165) is 22.4 Å². The second-order valence-corrected chi connectivity index (χ2v) is 4.86. The van der Waals surface area contributed by atoms with E-state index in [9.17, 15) is 0 Å². The van der Waals surface area contributed by atoms with Gasteiger partial charge in [0.05, 0.1) is 12.7 Å². The van der Waals surface area contributed by atoms with Gasteiger partial charge in [-0.2, -0.15) is 0 Å². The minimum absolute atomic E-state index is 0.354. The summed E-state index contributed by atoms with van der Waals surface area (Å²) in [5.41, 5.74) is 8.71. The molecule has 1 heterocycles. The minimum Gasteiger partial charge on any atom is -0.497 e. The first-order valence-corrected chi connectivity index (χ1v) is 6.65. The first-order chi connectivity index (χ1) is 9.61. The molecule has 1 aromatic carbocycles. The molecule has 0 radical (unpaired) electrons. The molecule has 2 rings (SSSR count). The van der Waals surface area contributed by atoms with Crippen molar-refractivity contribution >= 4 is 23.0 Å². The summed E-state index contributed by atoms with van der Waals surface area (Å²) in [6.45, 7) is 2.62. The first kappa shape index (κ1) is 14.3. The SMILES string of the molecule is COc1ccc(CNc2nccc(C)c2C(N)=S)cc1. The molecule has 4 nitrogen and oxygen atoms in total. The lowest BCUT2D eigenvalue weighted by molar-refractivity contribution is 0.414. The molecule has 0 unspecified atom stereocenters. The van der Waals surface area contributed by atoms with Gasteiger partial charge in [0.15, 0.2) is 0 Å². The summed E-state index contributed by atoms with van der Waals surface area (Å²) in [6.07, 6.45) is 1.74. The average Bonchev–Trinajstić information content (AvgIpc) is 2.45. The van der Waals surface area contributed by atoms with Crippen LogP contribution in [0.5, 0.6) is 5.75 Å². The largest absolute Gasteiger partial charge is 0.497 e. The number of nitrogens with one attached hydrogen (secondary N) is 1. The standard InChI is InChI=1S/C15H17N3OS/c1-10-7-8-17-15(13(10)14(16)20)18-9-11-3-5-12(19-2)6-4-11/h3-8H,9H2,1-2H3,(H2,16,20)(H,17,18). The molecule has 0 spiro atoms. The molecule has 0 saturated carbocycles. The van der Waals surface area contributed by atoms with E-state index in [1.165, 1.54) is 0 Å². The van der Waals surface area contributed by atoms with Crippen LogP contribution in [0, 0.1) is 6.92 Å². The number of nitrogens with two attached hydrogens (primary N) is 1. The number of benzene rings is 1. The highest BCUT2D eigenvalue weighted by Gasteiger charge is 2.09. The van der Waals surface area contributed by atoms with Crippen LogP contribution < -0.4 is 15.8 Å². The maximum atomic E-state index is 5.76. The second-order valence-electron chi connectivity index (χ2n) is 4.42. The van der Waals surface area contributed by atoms with Crippen molar-refractivity contribution < 1.29 is 4.74 Å². The van der Waals surface area contributed by atoms with Gasteiger partial charge in [-0.05, 0) is 36.2 Å². The van der Waals surface area contributed by atoms with Crippen molar-refractivity contribution in [2.24, 2.45) is 5.73 Å². The number of rotatable bonds is 5. The van der Waals surface area contributed by atoms with Crippen molar-refractivity contribution in [2.45, 2.75) is 13.5 Å². The van der Waals surface area contributed by atoms with Gasteiger partial charge in [-0.3, -0.25) is 0 Å². The molecule has 0 atom stereocenters. The normalized spacial score (nSPS) is 10.1. The van der Waals surface area contributed by atoms with Gasteiger partial charge in [-0.15, -0.1) is 0 Å². The Morgan fingerprint density at radius 2 is 2.00 bits per heavy atom. The van der Waals surface area contributed by atoms with Crippen molar-refractivity contribution in [3.8, 4) is 5.75 Å². The quantitative estimate of drug-likeness (QED) is 0.828. The van der Waals surface area contributed by atoms with Crippen molar-refractivity contribution in [2.75, 3.05) is 12.4 Å². The Bertz CT molecular complexity index is 611. The van der Waals surface area contributed by atoms with Gasteiger partial charge in [0.25, 0.3) is 0 Å². The van der Waals surface area contributed by atoms with Crippen LogP contribution in [0.15, 0.2) is 36.5 Å². The molecule has 5 heteroatoms. The molecule has 0 fully saturated rings. The number of methoxy groups -OCH3 is 1. The van der Waals surface area contributed by atoms with E-state index >= 15 is 0 Å². The summed E-state index contributed by atoms with van der Waals surface area (Å²) in [4.78, 5) is 4.66. The van der Waals surface area contributed by atoms with Crippen LogP contribution in [0.4, 0.5) is 5.82 Å². The Morgan fingerprint density at radius 1 is 1.30 bits per heavy atom.